The first kappa shape index (κ1) is 21.1. The lowest BCUT2D eigenvalue weighted by atomic mass is 10.2. The fourth-order valence-electron chi connectivity index (χ4n) is 3.84. The summed E-state index contributed by atoms with van der Waals surface area (Å²) in [6.07, 6.45) is 3.35. The number of hydrogen-bond donors (Lipinski definition) is 0. The summed E-state index contributed by atoms with van der Waals surface area (Å²) in [6.45, 7) is 5.03. The van der Waals surface area contributed by atoms with Crippen molar-refractivity contribution >= 4 is 40.2 Å². The van der Waals surface area contributed by atoms with Crippen LogP contribution in [0.15, 0.2) is 48.9 Å². The van der Waals surface area contributed by atoms with Gasteiger partial charge in [-0.3, -0.25) is 0 Å². The minimum atomic E-state index is -0.465. The fourth-order valence-corrected chi connectivity index (χ4v) is 4.02. The number of benzene rings is 1. The van der Waals surface area contributed by atoms with Crippen molar-refractivity contribution in [1.82, 2.24) is 29.9 Å². The first-order valence-electron chi connectivity index (χ1n) is 10.6. The second kappa shape index (κ2) is 8.99. The number of carbonyl (C=O) groups excluding carboxylic acids is 1. The van der Waals surface area contributed by atoms with E-state index in [1.165, 1.54) is 0 Å². The number of anilines is 2. The quantitative estimate of drug-likeness (QED) is 0.412. The van der Waals surface area contributed by atoms with Crippen molar-refractivity contribution < 1.29 is 9.53 Å². The second-order valence-corrected chi connectivity index (χ2v) is 7.88. The van der Waals surface area contributed by atoms with Gasteiger partial charge in [0.1, 0.15) is 12.1 Å². The molecule has 0 radical (unpaired) electrons. The van der Waals surface area contributed by atoms with Crippen LogP contribution in [0.1, 0.15) is 17.4 Å². The number of rotatable bonds is 5. The maximum absolute atomic E-state index is 11.8. The molecule has 0 bridgehead atoms. The third kappa shape index (κ3) is 4.17. The van der Waals surface area contributed by atoms with Gasteiger partial charge in [-0.1, -0.05) is 17.7 Å². The lowest BCUT2D eigenvalue weighted by molar-refractivity contribution is 0.0518. The third-order valence-corrected chi connectivity index (χ3v) is 5.67. The Bertz CT molecular complexity index is 1290. The molecule has 0 spiro atoms. The van der Waals surface area contributed by atoms with Crippen LogP contribution < -0.4 is 9.80 Å². The summed E-state index contributed by atoms with van der Waals surface area (Å²) in [7, 11) is 0. The summed E-state index contributed by atoms with van der Waals surface area (Å²) in [5, 5.41) is 14.3. The van der Waals surface area contributed by atoms with Crippen molar-refractivity contribution in [2.24, 2.45) is 0 Å². The molecule has 1 fully saturated rings. The van der Waals surface area contributed by atoms with Gasteiger partial charge in [0.2, 0.25) is 0 Å². The van der Waals surface area contributed by atoms with Crippen molar-refractivity contribution in [3.05, 3.63) is 59.6 Å². The number of hydrogen-bond acceptors (Lipinski definition) is 9. The lowest BCUT2D eigenvalue weighted by Crippen LogP contribution is -2.47. The summed E-state index contributed by atoms with van der Waals surface area (Å²) in [4.78, 5) is 25.1. The minimum absolute atomic E-state index is 0.208. The molecule has 0 unspecified atom stereocenters. The number of halogens is 1. The first-order valence-corrected chi connectivity index (χ1v) is 11.0. The topological polar surface area (TPSA) is 102 Å². The molecule has 1 aliphatic rings. The maximum atomic E-state index is 11.8. The van der Waals surface area contributed by atoms with Crippen molar-refractivity contribution in [3.63, 3.8) is 0 Å². The van der Waals surface area contributed by atoms with E-state index in [-0.39, 0.29) is 5.69 Å². The highest BCUT2D eigenvalue weighted by Crippen LogP contribution is 2.27. The van der Waals surface area contributed by atoms with Crippen molar-refractivity contribution in [1.29, 1.82) is 0 Å². The molecule has 0 N–H and O–H groups in total. The Balaban J connectivity index is 1.32. The Kier molecular flexibility index (Phi) is 5.74. The van der Waals surface area contributed by atoms with E-state index in [2.05, 4.69) is 35.1 Å². The SMILES string of the molecule is CCOC(=O)c1ccc(N2CCN(c3ncnc4c3cnn4-c3cccc(Cl)c3)CC2)nn1. The molecule has 5 rings (SSSR count). The average Bonchev–Trinajstić information content (AvgIpc) is 3.29. The van der Waals surface area contributed by atoms with E-state index < -0.39 is 5.97 Å². The summed E-state index contributed by atoms with van der Waals surface area (Å²) in [5.74, 6) is 1.11. The molecule has 0 atom stereocenters. The van der Waals surface area contributed by atoms with Crippen LogP contribution >= 0.6 is 11.6 Å². The fraction of sp³-hybridized carbons (Fsp3) is 0.273. The largest absolute Gasteiger partial charge is 0.461 e. The average molecular weight is 465 g/mol. The van der Waals surface area contributed by atoms with E-state index in [1.54, 1.807) is 36.3 Å². The van der Waals surface area contributed by atoms with E-state index in [0.717, 1.165) is 54.5 Å². The van der Waals surface area contributed by atoms with Gasteiger partial charge in [-0.15, -0.1) is 10.2 Å². The predicted molar refractivity (Wildman–Crippen MR) is 124 cm³/mol. The highest BCUT2D eigenvalue weighted by atomic mass is 35.5. The van der Waals surface area contributed by atoms with Crippen molar-refractivity contribution in [3.8, 4) is 5.69 Å². The van der Waals surface area contributed by atoms with Gasteiger partial charge in [0.05, 0.1) is 23.9 Å². The number of esters is 1. The molecule has 3 aromatic heterocycles. The smallest absolute Gasteiger partial charge is 0.358 e. The molecule has 1 aliphatic heterocycles. The Labute approximate surface area is 194 Å². The second-order valence-electron chi connectivity index (χ2n) is 7.44. The number of piperazine rings is 1. The molecule has 168 valence electrons. The molecule has 0 aliphatic carbocycles. The summed E-state index contributed by atoms with van der Waals surface area (Å²) >= 11 is 6.15. The zero-order valence-electron chi connectivity index (χ0n) is 17.9. The van der Waals surface area contributed by atoms with Crippen LogP contribution in [0.25, 0.3) is 16.7 Å². The lowest BCUT2D eigenvalue weighted by Gasteiger charge is -2.35. The van der Waals surface area contributed by atoms with Gasteiger partial charge in [0, 0.05) is 31.2 Å². The Morgan fingerprint density at radius 2 is 1.88 bits per heavy atom. The minimum Gasteiger partial charge on any atom is -0.461 e. The van der Waals surface area contributed by atoms with Crippen LogP contribution in [0.5, 0.6) is 0 Å². The third-order valence-electron chi connectivity index (χ3n) is 5.44. The van der Waals surface area contributed by atoms with E-state index in [0.29, 0.717) is 11.6 Å². The molecule has 33 heavy (non-hydrogen) atoms. The van der Waals surface area contributed by atoms with E-state index in [9.17, 15) is 4.79 Å². The monoisotopic (exact) mass is 464 g/mol. The maximum Gasteiger partial charge on any atom is 0.358 e. The van der Waals surface area contributed by atoms with E-state index in [1.807, 2.05) is 24.3 Å². The molecule has 11 heteroatoms. The molecule has 10 nitrogen and oxygen atoms in total. The van der Waals surface area contributed by atoms with Gasteiger partial charge in [-0.05, 0) is 37.3 Å². The zero-order valence-corrected chi connectivity index (χ0v) is 18.7. The molecule has 0 amide bonds. The van der Waals surface area contributed by atoms with Crippen molar-refractivity contribution in [2.45, 2.75) is 6.92 Å². The van der Waals surface area contributed by atoms with Gasteiger partial charge < -0.3 is 14.5 Å². The summed E-state index contributed by atoms with van der Waals surface area (Å²) < 4.78 is 6.73. The molecule has 1 aromatic carbocycles. The summed E-state index contributed by atoms with van der Waals surface area (Å²) in [6, 6.07) is 10.9. The van der Waals surface area contributed by atoms with Gasteiger partial charge in [-0.25, -0.2) is 19.4 Å². The molecule has 0 saturated carbocycles. The van der Waals surface area contributed by atoms with E-state index in [4.69, 9.17) is 16.3 Å². The normalized spacial score (nSPS) is 14.0. The Hall–Kier alpha value is -3.79. The standard InChI is InChI=1S/C22H21ClN8O2/c1-2-33-22(32)18-6-7-19(28-27-18)29-8-10-30(11-9-29)20-17-13-26-31(21(17)25-14-24-20)16-5-3-4-15(23)12-16/h3-7,12-14H,2,8-11H2,1H3. The number of nitrogens with zero attached hydrogens (tertiary/aromatic N) is 8. The number of aromatic nitrogens is 6. The summed E-state index contributed by atoms with van der Waals surface area (Å²) in [5.41, 5.74) is 1.78. The van der Waals surface area contributed by atoms with Gasteiger partial charge in [0.15, 0.2) is 17.2 Å². The van der Waals surface area contributed by atoms with Crippen molar-refractivity contribution in [2.75, 3.05) is 42.6 Å². The molecular weight excluding hydrogens is 444 g/mol. The molecule has 1 saturated heterocycles. The molecule has 4 aromatic rings. The number of carbonyl (C=O) groups is 1. The Morgan fingerprint density at radius 1 is 1.06 bits per heavy atom. The Morgan fingerprint density at radius 3 is 2.61 bits per heavy atom. The van der Waals surface area contributed by atoms with Crippen LogP contribution in [-0.4, -0.2) is 68.7 Å². The zero-order chi connectivity index (χ0) is 22.8. The first-order chi connectivity index (χ1) is 16.1. The van der Waals surface area contributed by atoms with Crippen LogP contribution in [0, 0.1) is 0 Å². The highest BCUT2D eigenvalue weighted by Gasteiger charge is 2.23. The highest BCUT2D eigenvalue weighted by molar-refractivity contribution is 6.30. The van der Waals surface area contributed by atoms with Gasteiger partial charge in [0.25, 0.3) is 0 Å². The molecule has 4 heterocycles. The number of fused-ring (bicyclic) bond motifs is 1. The predicted octanol–water partition coefficient (Wildman–Crippen LogP) is 2.76. The van der Waals surface area contributed by atoms with Crippen LogP contribution in [0.2, 0.25) is 5.02 Å². The number of ether oxygens (including phenoxy) is 1. The van der Waals surface area contributed by atoms with Crippen LogP contribution in [-0.2, 0) is 4.74 Å². The van der Waals surface area contributed by atoms with E-state index >= 15 is 0 Å². The van der Waals surface area contributed by atoms with Crippen LogP contribution in [0.3, 0.4) is 0 Å². The van der Waals surface area contributed by atoms with Gasteiger partial charge >= 0.3 is 5.97 Å². The molecular formula is C22H21ClN8O2. The van der Waals surface area contributed by atoms with Crippen LogP contribution in [0.4, 0.5) is 11.6 Å². The van der Waals surface area contributed by atoms with Gasteiger partial charge in [-0.2, -0.15) is 5.10 Å².